The molecule has 0 amide bonds. The molecule has 0 radical (unpaired) electrons. The van der Waals surface area contributed by atoms with Gasteiger partial charge in [0.1, 0.15) is 0 Å². The Labute approximate surface area is 96.9 Å². The Morgan fingerprint density at radius 2 is 2.25 bits per heavy atom. The normalized spacial score (nSPS) is 35.1. The minimum absolute atomic E-state index is 0.0622. The highest BCUT2D eigenvalue weighted by molar-refractivity contribution is 5.77. The van der Waals surface area contributed by atoms with Crippen molar-refractivity contribution < 1.29 is 19.4 Å². The molecule has 3 atom stereocenters. The molecular weight excluding hydrogens is 208 g/mol. The maximum Gasteiger partial charge on any atom is 0.366 e. The highest BCUT2D eigenvalue weighted by atomic mass is 16.7. The molecule has 1 aliphatic heterocycles. The quantitative estimate of drug-likeness (QED) is 0.750. The van der Waals surface area contributed by atoms with E-state index in [4.69, 9.17) is 4.74 Å². The van der Waals surface area contributed by atoms with Gasteiger partial charge >= 0.3 is 5.97 Å². The number of ether oxygens (including phenoxy) is 2. The Morgan fingerprint density at radius 1 is 1.62 bits per heavy atom. The van der Waals surface area contributed by atoms with Gasteiger partial charge in [-0.15, -0.1) is 0 Å². The van der Waals surface area contributed by atoms with Gasteiger partial charge in [-0.2, -0.15) is 0 Å². The highest BCUT2D eigenvalue weighted by Gasteiger charge is 2.45. The minimum Gasteiger partial charge on any atom is -0.465 e. The van der Waals surface area contributed by atoms with E-state index in [1.807, 2.05) is 6.92 Å². The second-order valence-electron chi connectivity index (χ2n) is 5.19. The van der Waals surface area contributed by atoms with Gasteiger partial charge in [0.25, 0.3) is 5.79 Å². The fourth-order valence-electron chi connectivity index (χ4n) is 2.34. The van der Waals surface area contributed by atoms with Crippen molar-refractivity contribution in [1.29, 1.82) is 0 Å². The molecule has 4 nitrogen and oxygen atoms in total. The molecule has 0 aliphatic carbocycles. The first-order chi connectivity index (χ1) is 7.37. The standard InChI is InChI=1S/C12H22O4/c1-8(2)5-10-6-9(3)7-12(14,16-10)11(13)15-4/h8-10,14H,5-7H2,1-4H3. The largest absolute Gasteiger partial charge is 0.465 e. The second kappa shape index (κ2) is 5.15. The van der Waals surface area contributed by atoms with E-state index in [9.17, 15) is 9.90 Å². The maximum absolute atomic E-state index is 11.5. The molecule has 1 fully saturated rings. The number of hydrogen-bond acceptors (Lipinski definition) is 4. The summed E-state index contributed by atoms with van der Waals surface area (Å²) < 4.78 is 10.1. The summed E-state index contributed by atoms with van der Waals surface area (Å²) in [5, 5.41) is 10.1. The monoisotopic (exact) mass is 230 g/mol. The summed E-state index contributed by atoms with van der Waals surface area (Å²) in [6.07, 6.45) is 1.99. The summed E-state index contributed by atoms with van der Waals surface area (Å²) in [4.78, 5) is 11.5. The molecule has 4 heteroatoms. The summed E-state index contributed by atoms with van der Waals surface area (Å²) >= 11 is 0. The molecule has 16 heavy (non-hydrogen) atoms. The predicted molar refractivity (Wildman–Crippen MR) is 59.7 cm³/mol. The van der Waals surface area contributed by atoms with Crippen LogP contribution in [0.25, 0.3) is 0 Å². The zero-order valence-corrected chi connectivity index (χ0v) is 10.5. The van der Waals surface area contributed by atoms with Crippen LogP contribution in [0, 0.1) is 11.8 Å². The molecule has 1 aliphatic rings. The molecule has 1 rings (SSSR count). The topological polar surface area (TPSA) is 55.8 Å². The zero-order valence-electron chi connectivity index (χ0n) is 10.5. The smallest absolute Gasteiger partial charge is 0.366 e. The molecule has 0 aromatic heterocycles. The van der Waals surface area contributed by atoms with Gasteiger partial charge in [-0.1, -0.05) is 20.8 Å². The van der Waals surface area contributed by atoms with Gasteiger partial charge in [0, 0.05) is 6.42 Å². The van der Waals surface area contributed by atoms with Crippen molar-refractivity contribution in [2.24, 2.45) is 11.8 Å². The summed E-state index contributed by atoms with van der Waals surface area (Å²) in [6.45, 7) is 6.21. The molecule has 0 bridgehead atoms. The van der Waals surface area contributed by atoms with Crippen molar-refractivity contribution in [3.8, 4) is 0 Å². The van der Waals surface area contributed by atoms with Gasteiger partial charge < -0.3 is 14.6 Å². The van der Waals surface area contributed by atoms with Gasteiger partial charge in [0.2, 0.25) is 0 Å². The van der Waals surface area contributed by atoms with E-state index >= 15 is 0 Å². The third-order valence-corrected chi connectivity index (χ3v) is 2.89. The van der Waals surface area contributed by atoms with Gasteiger partial charge in [0.05, 0.1) is 13.2 Å². The van der Waals surface area contributed by atoms with Crippen LogP contribution in [0.4, 0.5) is 0 Å². The van der Waals surface area contributed by atoms with Crippen LogP contribution < -0.4 is 0 Å². The Bertz CT molecular complexity index is 249. The van der Waals surface area contributed by atoms with E-state index < -0.39 is 11.8 Å². The molecule has 1 saturated heterocycles. The molecule has 1 heterocycles. The predicted octanol–water partition coefficient (Wildman–Crippen LogP) is 1.71. The summed E-state index contributed by atoms with van der Waals surface area (Å²) in [5.41, 5.74) is 0. The lowest BCUT2D eigenvalue weighted by atomic mass is 9.88. The number of rotatable bonds is 3. The Morgan fingerprint density at radius 3 is 2.75 bits per heavy atom. The third-order valence-electron chi connectivity index (χ3n) is 2.89. The van der Waals surface area contributed by atoms with Gasteiger partial charge in [-0.3, -0.25) is 0 Å². The SMILES string of the molecule is COC(=O)C1(O)CC(C)CC(CC(C)C)O1. The van der Waals surface area contributed by atoms with Crippen LogP contribution in [0.3, 0.4) is 0 Å². The van der Waals surface area contributed by atoms with Gasteiger partial charge in [-0.25, -0.2) is 4.79 Å². The Balaban J connectivity index is 2.70. The van der Waals surface area contributed by atoms with E-state index in [0.717, 1.165) is 12.8 Å². The highest BCUT2D eigenvalue weighted by Crippen LogP contribution is 2.34. The number of aliphatic hydroxyl groups is 1. The number of carbonyl (C=O) groups is 1. The van der Waals surface area contributed by atoms with Crippen molar-refractivity contribution >= 4 is 5.97 Å². The summed E-state index contributed by atoms with van der Waals surface area (Å²) in [7, 11) is 1.26. The fourth-order valence-corrected chi connectivity index (χ4v) is 2.34. The number of hydrogen-bond donors (Lipinski definition) is 1. The van der Waals surface area contributed by atoms with Crippen molar-refractivity contribution in [2.75, 3.05) is 7.11 Å². The lowest BCUT2D eigenvalue weighted by molar-refractivity contribution is -0.267. The van der Waals surface area contributed by atoms with Crippen LogP contribution in [0.2, 0.25) is 0 Å². The number of carbonyl (C=O) groups excluding carboxylic acids is 1. The second-order valence-corrected chi connectivity index (χ2v) is 5.19. The minimum atomic E-state index is -1.74. The molecule has 0 aromatic rings. The van der Waals surface area contributed by atoms with Crippen molar-refractivity contribution in [1.82, 2.24) is 0 Å². The van der Waals surface area contributed by atoms with E-state index in [0.29, 0.717) is 12.3 Å². The molecular formula is C12H22O4. The fraction of sp³-hybridized carbons (Fsp3) is 0.917. The molecule has 94 valence electrons. The average Bonchev–Trinajstić information content (AvgIpc) is 2.13. The molecule has 0 aromatic carbocycles. The van der Waals surface area contributed by atoms with Crippen molar-refractivity contribution in [3.63, 3.8) is 0 Å². The summed E-state index contributed by atoms with van der Waals surface area (Å²) in [6, 6.07) is 0. The van der Waals surface area contributed by atoms with E-state index in [-0.39, 0.29) is 12.0 Å². The van der Waals surface area contributed by atoms with E-state index in [1.54, 1.807) is 0 Å². The molecule has 0 saturated carbocycles. The lowest BCUT2D eigenvalue weighted by Gasteiger charge is -2.38. The first-order valence-electron chi connectivity index (χ1n) is 5.86. The molecule has 1 N–H and O–H groups in total. The lowest BCUT2D eigenvalue weighted by Crippen LogP contribution is -2.50. The van der Waals surface area contributed by atoms with Crippen LogP contribution >= 0.6 is 0 Å². The van der Waals surface area contributed by atoms with Crippen molar-refractivity contribution in [2.45, 2.75) is 51.9 Å². The van der Waals surface area contributed by atoms with Crippen molar-refractivity contribution in [3.05, 3.63) is 0 Å². The van der Waals surface area contributed by atoms with E-state index in [2.05, 4.69) is 18.6 Å². The van der Waals surface area contributed by atoms with Gasteiger partial charge in [-0.05, 0) is 24.7 Å². The molecule has 3 unspecified atom stereocenters. The average molecular weight is 230 g/mol. The van der Waals surface area contributed by atoms with Crippen LogP contribution in [0.5, 0.6) is 0 Å². The summed E-state index contributed by atoms with van der Waals surface area (Å²) in [5.74, 6) is -1.68. The first kappa shape index (κ1) is 13.5. The van der Waals surface area contributed by atoms with Crippen LogP contribution in [-0.4, -0.2) is 30.1 Å². The Kier molecular flexibility index (Phi) is 4.33. The van der Waals surface area contributed by atoms with E-state index in [1.165, 1.54) is 7.11 Å². The first-order valence-corrected chi connectivity index (χ1v) is 5.86. The van der Waals surface area contributed by atoms with Crippen LogP contribution in [0.1, 0.15) is 40.0 Å². The zero-order chi connectivity index (χ0) is 12.3. The third kappa shape index (κ3) is 3.19. The molecule has 0 spiro atoms. The number of esters is 1. The maximum atomic E-state index is 11.5. The van der Waals surface area contributed by atoms with Crippen LogP contribution in [-0.2, 0) is 14.3 Å². The Hall–Kier alpha value is -0.610. The van der Waals surface area contributed by atoms with Crippen LogP contribution in [0.15, 0.2) is 0 Å². The number of methoxy groups -OCH3 is 1. The van der Waals surface area contributed by atoms with Gasteiger partial charge in [0.15, 0.2) is 0 Å².